The Morgan fingerprint density at radius 2 is 1.62 bits per heavy atom. The lowest BCUT2D eigenvalue weighted by Gasteiger charge is -2.08. The normalized spacial score (nSPS) is 16.4. The summed E-state index contributed by atoms with van der Waals surface area (Å²) in [6.07, 6.45) is 5.86. The van der Waals surface area contributed by atoms with Crippen LogP contribution in [-0.2, 0) is 27.6 Å². The summed E-state index contributed by atoms with van der Waals surface area (Å²) < 4.78 is 58.9. The van der Waals surface area contributed by atoms with E-state index in [1.165, 1.54) is 37.0 Å². The number of hydrogen-bond acceptors (Lipinski definition) is 3. The minimum atomic E-state index is -6.09. The molecular formula is C13H17F3O3S2. The van der Waals surface area contributed by atoms with E-state index in [1.807, 2.05) is 0 Å². The van der Waals surface area contributed by atoms with Crippen LogP contribution < -0.4 is 0 Å². The molecule has 0 aromatic heterocycles. The summed E-state index contributed by atoms with van der Waals surface area (Å²) in [6, 6.07) is 10.8. The van der Waals surface area contributed by atoms with Crippen molar-refractivity contribution in [1.29, 1.82) is 0 Å². The lowest BCUT2D eigenvalue weighted by Crippen LogP contribution is -2.21. The second kappa shape index (κ2) is 8.05. The highest BCUT2D eigenvalue weighted by Gasteiger charge is 2.36. The van der Waals surface area contributed by atoms with Crippen LogP contribution in [0.25, 0.3) is 0 Å². The summed E-state index contributed by atoms with van der Waals surface area (Å²) in [4.78, 5) is 0. The van der Waals surface area contributed by atoms with Crippen molar-refractivity contribution in [2.45, 2.75) is 42.2 Å². The Hall–Kier alpha value is -0.730. The third-order valence-corrected chi connectivity index (χ3v) is 5.13. The van der Waals surface area contributed by atoms with Crippen molar-refractivity contribution in [3.8, 4) is 0 Å². The lowest BCUT2D eigenvalue weighted by atomic mass is 10.2. The first-order valence-corrected chi connectivity index (χ1v) is 8.98. The predicted molar refractivity (Wildman–Crippen MR) is 76.9 cm³/mol. The second-order valence-electron chi connectivity index (χ2n) is 4.66. The first kappa shape index (κ1) is 18.3. The van der Waals surface area contributed by atoms with Crippen LogP contribution in [0.4, 0.5) is 13.2 Å². The summed E-state index contributed by atoms with van der Waals surface area (Å²) in [5.74, 6) is 1.26. The molecule has 0 spiro atoms. The van der Waals surface area contributed by atoms with Crippen LogP contribution in [0, 0.1) is 0 Å². The molecule has 1 aliphatic carbocycles. The molecule has 120 valence electrons. The fourth-order valence-corrected chi connectivity index (χ4v) is 3.31. The first-order valence-electron chi connectivity index (χ1n) is 6.43. The van der Waals surface area contributed by atoms with Crippen molar-refractivity contribution in [3.05, 3.63) is 35.9 Å². The van der Waals surface area contributed by atoms with E-state index in [9.17, 15) is 13.2 Å². The third kappa shape index (κ3) is 7.19. The SMILES string of the molecule is O=S(=O)([O-])C(F)(F)F.c1ccc(C[SH+]C2CCCC2)cc1. The Labute approximate surface area is 126 Å². The maximum Gasteiger partial charge on any atom is 0.485 e. The van der Waals surface area contributed by atoms with Crippen molar-refractivity contribution in [1.82, 2.24) is 0 Å². The maximum atomic E-state index is 10.7. The smallest absolute Gasteiger partial charge is 0.485 e. The van der Waals surface area contributed by atoms with Gasteiger partial charge in [0.05, 0.1) is 0 Å². The molecule has 0 unspecified atom stereocenters. The fourth-order valence-electron chi connectivity index (χ4n) is 1.90. The minimum Gasteiger partial charge on any atom is -0.741 e. The van der Waals surface area contributed by atoms with E-state index in [0.29, 0.717) is 0 Å². The highest BCUT2D eigenvalue weighted by Crippen LogP contribution is 2.22. The van der Waals surface area contributed by atoms with Crippen molar-refractivity contribution < 1.29 is 26.1 Å². The van der Waals surface area contributed by atoms with Gasteiger partial charge in [-0.1, -0.05) is 30.3 Å². The zero-order valence-corrected chi connectivity index (χ0v) is 12.9. The molecule has 1 aromatic rings. The first-order chi connectivity index (χ1) is 9.70. The molecule has 0 N–H and O–H groups in total. The Kier molecular flexibility index (Phi) is 7.02. The highest BCUT2D eigenvalue weighted by atomic mass is 32.2. The minimum absolute atomic E-state index is 1.00. The van der Waals surface area contributed by atoms with E-state index in [2.05, 4.69) is 30.3 Å². The lowest BCUT2D eigenvalue weighted by molar-refractivity contribution is -0.0517. The molecule has 0 bridgehead atoms. The molecule has 0 amide bonds. The van der Waals surface area contributed by atoms with E-state index in [4.69, 9.17) is 13.0 Å². The van der Waals surface area contributed by atoms with Crippen molar-refractivity contribution in [3.63, 3.8) is 0 Å². The predicted octanol–water partition coefficient (Wildman–Crippen LogP) is 3.00. The number of rotatable bonds is 3. The van der Waals surface area contributed by atoms with Crippen LogP contribution >= 0.6 is 0 Å². The molecule has 0 heterocycles. The Morgan fingerprint density at radius 1 is 1.14 bits per heavy atom. The molecule has 21 heavy (non-hydrogen) atoms. The number of alkyl halides is 3. The molecule has 1 fully saturated rings. The van der Waals surface area contributed by atoms with Gasteiger partial charge in [-0.05, 0) is 37.4 Å². The molecule has 1 aromatic carbocycles. The van der Waals surface area contributed by atoms with Gasteiger partial charge < -0.3 is 4.55 Å². The molecular weight excluding hydrogens is 325 g/mol. The fraction of sp³-hybridized carbons (Fsp3) is 0.538. The summed E-state index contributed by atoms with van der Waals surface area (Å²) in [7, 11) is -6.09. The van der Waals surface area contributed by atoms with Crippen LogP contribution in [0.15, 0.2) is 30.3 Å². The standard InChI is InChI=1S/C12H16S.CHF3O3S/c1-2-6-11(7-3-1)10-13-12-8-4-5-9-12;2-1(3,4)8(5,6)7/h1-3,6-7,12H,4-5,8-10H2;(H,5,6,7). The van der Waals surface area contributed by atoms with Crippen molar-refractivity contribution in [2.24, 2.45) is 0 Å². The van der Waals surface area contributed by atoms with Gasteiger partial charge in [0.2, 0.25) is 0 Å². The maximum absolute atomic E-state index is 10.7. The van der Waals surface area contributed by atoms with Gasteiger partial charge in [-0.15, -0.1) is 0 Å². The van der Waals surface area contributed by atoms with Crippen molar-refractivity contribution in [2.75, 3.05) is 0 Å². The summed E-state index contributed by atoms with van der Waals surface area (Å²) >= 11 is 1.65. The number of thiol groups is 1. The average molecular weight is 342 g/mol. The topological polar surface area (TPSA) is 57.2 Å². The summed E-state index contributed by atoms with van der Waals surface area (Å²) in [5.41, 5.74) is -4.15. The van der Waals surface area contributed by atoms with Crippen LogP contribution in [0.3, 0.4) is 0 Å². The molecule has 0 saturated heterocycles. The average Bonchev–Trinajstić information content (AvgIpc) is 2.89. The van der Waals surface area contributed by atoms with Crippen molar-refractivity contribution >= 4 is 21.9 Å². The van der Waals surface area contributed by atoms with Gasteiger partial charge >= 0.3 is 5.51 Å². The van der Waals surface area contributed by atoms with E-state index in [-0.39, 0.29) is 0 Å². The zero-order chi connectivity index (χ0) is 15.9. The van der Waals surface area contributed by atoms with Gasteiger partial charge in [0.1, 0.15) is 11.0 Å². The van der Waals surface area contributed by atoms with E-state index >= 15 is 0 Å². The second-order valence-corrected chi connectivity index (χ2v) is 7.45. The van der Waals surface area contributed by atoms with Gasteiger partial charge in [0.15, 0.2) is 10.1 Å². The van der Waals surface area contributed by atoms with Crippen LogP contribution in [0.1, 0.15) is 31.2 Å². The molecule has 8 heteroatoms. The molecule has 2 rings (SSSR count). The Morgan fingerprint density at radius 3 is 2.05 bits per heavy atom. The summed E-state index contributed by atoms with van der Waals surface area (Å²) in [6.45, 7) is 0. The van der Waals surface area contributed by atoms with Gasteiger partial charge in [-0.3, -0.25) is 0 Å². The van der Waals surface area contributed by atoms with Gasteiger partial charge in [0.25, 0.3) is 0 Å². The van der Waals surface area contributed by atoms with Gasteiger partial charge in [-0.25, -0.2) is 8.42 Å². The van der Waals surface area contributed by atoms with E-state index in [0.717, 1.165) is 5.25 Å². The monoisotopic (exact) mass is 342 g/mol. The van der Waals surface area contributed by atoms with E-state index in [1.54, 1.807) is 11.8 Å². The molecule has 1 saturated carbocycles. The molecule has 0 radical (unpaired) electrons. The molecule has 1 aliphatic rings. The number of hydrogen-bond donors (Lipinski definition) is 0. The Bertz CT molecular complexity index is 509. The zero-order valence-electron chi connectivity index (χ0n) is 11.2. The van der Waals surface area contributed by atoms with Gasteiger partial charge in [0, 0.05) is 5.56 Å². The highest BCUT2D eigenvalue weighted by molar-refractivity contribution is 7.86. The van der Waals surface area contributed by atoms with E-state index < -0.39 is 15.6 Å². The van der Waals surface area contributed by atoms with Crippen LogP contribution in [0.5, 0.6) is 0 Å². The quantitative estimate of drug-likeness (QED) is 0.367. The Balaban J connectivity index is 0.000000240. The largest absolute Gasteiger partial charge is 0.741 e. The number of benzene rings is 1. The molecule has 0 atom stereocenters. The third-order valence-electron chi connectivity index (χ3n) is 2.98. The number of halogens is 3. The molecule has 3 nitrogen and oxygen atoms in total. The molecule has 0 aliphatic heterocycles. The van der Waals surface area contributed by atoms with Crippen LogP contribution in [0.2, 0.25) is 0 Å². The van der Waals surface area contributed by atoms with Gasteiger partial charge in [-0.2, -0.15) is 13.2 Å². The van der Waals surface area contributed by atoms with Crippen LogP contribution in [-0.4, -0.2) is 23.7 Å². The summed E-state index contributed by atoms with van der Waals surface area (Å²) in [5, 5.41) is 1.00.